The zero-order valence-electron chi connectivity index (χ0n) is 18.7. The number of nitriles is 1. The van der Waals surface area contributed by atoms with Gasteiger partial charge in [-0.1, -0.05) is 6.07 Å². The van der Waals surface area contributed by atoms with Crippen LogP contribution in [0.15, 0.2) is 35.6 Å². The van der Waals surface area contributed by atoms with Crippen molar-refractivity contribution in [2.45, 2.75) is 49.2 Å². The summed E-state index contributed by atoms with van der Waals surface area (Å²) < 4.78 is 68.1. The fraction of sp³-hybridized carbons (Fsp3) is 0.381. The van der Waals surface area contributed by atoms with Crippen LogP contribution in [-0.4, -0.2) is 50.2 Å². The third-order valence-electron chi connectivity index (χ3n) is 6.76. The molecule has 36 heavy (non-hydrogen) atoms. The van der Waals surface area contributed by atoms with Crippen LogP contribution in [0, 0.1) is 23.7 Å². The number of hydroxylamine groups is 1. The minimum absolute atomic E-state index is 0.0386. The summed E-state index contributed by atoms with van der Waals surface area (Å²) in [5.74, 6) is -2.57. The Kier molecular flexibility index (Phi) is 5.06. The summed E-state index contributed by atoms with van der Waals surface area (Å²) in [5, 5.41) is 13.5. The van der Waals surface area contributed by atoms with Crippen molar-refractivity contribution in [3.63, 3.8) is 0 Å². The minimum atomic E-state index is -5.42. The van der Waals surface area contributed by atoms with Gasteiger partial charge in [0.25, 0.3) is 10.0 Å². The van der Waals surface area contributed by atoms with Gasteiger partial charge < -0.3 is 10.6 Å². The minimum Gasteiger partial charge on any atom is -0.381 e. The molecule has 11 nitrogen and oxygen atoms in total. The Balaban J connectivity index is 1.60. The molecular weight excluding hydrogens is 503 g/mol. The molecule has 6 rings (SSSR count). The summed E-state index contributed by atoms with van der Waals surface area (Å²) in [6.45, 7) is 1.69. The van der Waals surface area contributed by atoms with E-state index in [0.717, 1.165) is 0 Å². The molecule has 3 saturated carbocycles. The first-order chi connectivity index (χ1) is 16.8. The van der Waals surface area contributed by atoms with Gasteiger partial charge in [0, 0.05) is 5.56 Å². The molecule has 3 aliphatic carbocycles. The Morgan fingerprint density at radius 1 is 1.28 bits per heavy atom. The number of rotatable bonds is 5. The van der Waals surface area contributed by atoms with Crippen molar-refractivity contribution in [3.8, 4) is 17.3 Å². The fourth-order valence-corrected chi connectivity index (χ4v) is 6.66. The first-order valence-electron chi connectivity index (χ1n) is 10.6. The second-order valence-corrected chi connectivity index (χ2v) is 10.8. The van der Waals surface area contributed by atoms with Crippen LogP contribution in [-0.2, 0) is 19.7 Å². The van der Waals surface area contributed by atoms with Crippen LogP contribution in [0.4, 0.5) is 19.0 Å². The first kappa shape index (κ1) is 23.9. The lowest BCUT2D eigenvalue weighted by Crippen LogP contribution is -2.58. The molecule has 1 aromatic carbocycles. The van der Waals surface area contributed by atoms with E-state index < -0.39 is 38.0 Å². The van der Waals surface area contributed by atoms with Crippen LogP contribution in [0.25, 0.3) is 16.9 Å². The van der Waals surface area contributed by atoms with Crippen LogP contribution in [0.2, 0.25) is 0 Å². The van der Waals surface area contributed by atoms with Crippen LogP contribution in [0.5, 0.6) is 0 Å². The third-order valence-corrected chi connectivity index (χ3v) is 8.51. The van der Waals surface area contributed by atoms with Gasteiger partial charge >= 0.3 is 12.1 Å². The zero-order valence-corrected chi connectivity index (χ0v) is 19.5. The predicted octanol–water partition coefficient (Wildman–Crippen LogP) is 2.53. The molecule has 15 heteroatoms. The molecule has 3 fully saturated rings. The number of aryl methyl sites for hydroxylation is 1. The number of fused-ring (bicyclic) bond motifs is 2. The number of hydrogen-bond acceptors (Lipinski definition) is 9. The average Bonchev–Trinajstić information content (AvgIpc) is 3.49. The number of nitrogens with two attached hydrogens (primary N) is 1. The van der Waals surface area contributed by atoms with Crippen LogP contribution < -0.4 is 5.73 Å². The Morgan fingerprint density at radius 3 is 2.64 bits per heavy atom. The molecule has 3 aromatic rings. The zero-order chi connectivity index (χ0) is 26.1. The number of anilines is 1. The number of halogens is 3. The van der Waals surface area contributed by atoms with Crippen LogP contribution in [0.3, 0.4) is 0 Å². The lowest BCUT2D eigenvalue weighted by atomic mass is 9.66. The van der Waals surface area contributed by atoms with Gasteiger partial charge in [-0.3, -0.25) is 0 Å². The van der Waals surface area contributed by atoms with Crippen molar-refractivity contribution < 1.29 is 31.2 Å². The Hall–Kier alpha value is -3.77. The third kappa shape index (κ3) is 3.47. The quantitative estimate of drug-likeness (QED) is 0.498. The molecular formula is C21H18F3N7O4S. The second kappa shape index (κ2) is 7.61. The lowest BCUT2D eigenvalue weighted by molar-refractivity contribution is -0.241. The molecule has 0 radical (unpaired) electrons. The smallest absolute Gasteiger partial charge is 0.381 e. The van der Waals surface area contributed by atoms with Gasteiger partial charge in [0.15, 0.2) is 11.5 Å². The van der Waals surface area contributed by atoms with Crippen LogP contribution >= 0.6 is 0 Å². The maximum Gasteiger partial charge on any atom is 0.492 e. The number of aromatic nitrogens is 4. The molecule has 2 N–H and O–H groups in total. The number of alkyl halides is 3. The van der Waals surface area contributed by atoms with E-state index in [0.29, 0.717) is 16.8 Å². The van der Waals surface area contributed by atoms with E-state index in [1.54, 1.807) is 6.92 Å². The number of nitrogen functional groups attached to an aromatic ring is 1. The number of nitrogens with zero attached hydrogens (tertiary/aromatic N) is 6. The van der Waals surface area contributed by atoms with Gasteiger partial charge in [0.2, 0.25) is 0 Å². The number of carbonyl (C=O) groups is 1. The average molecular weight is 521 g/mol. The summed E-state index contributed by atoms with van der Waals surface area (Å²) in [6.07, 6.45) is -2.55. The number of hydrogen-bond donors (Lipinski definition) is 1. The monoisotopic (exact) mass is 521 g/mol. The molecule has 0 unspecified atom stereocenters. The van der Waals surface area contributed by atoms with Gasteiger partial charge in [-0.05, 0) is 54.8 Å². The molecule has 2 heterocycles. The molecule has 0 aliphatic heterocycles. The van der Waals surface area contributed by atoms with Gasteiger partial charge in [0.1, 0.15) is 6.33 Å². The normalized spacial score (nSPS) is 23.4. The molecule has 188 valence electrons. The van der Waals surface area contributed by atoms with E-state index in [2.05, 4.69) is 26.0 Å². The molecule has 0 saturated heterocycles. The number of sulfonamides is 1. The molecule has 0 atom stereocenters. The highest BCUT2D eigenvalue weighted by Crippen LogP contribution is 2.64. The highest BCUT2D eigenvalue weighted by molar-refractivity contribution is 7.89. The maximum absolute atomic E-state index is 13.7. The topological polar surface area (TPSA) is 157 Å². The van der Waals surface area contributed by atoms with E-state index >= 15 is 0 Å². The predicted molar refractivity (Wildman–Crippen MR) is 116 cm³/mol. The van der Waals surface area contributed by atoms with E-state index in [9.17, 15) is 31.6 Å². The highest BCUT2D eigenvalue weighted by atomic mass is 32.2. The fourth-order valence-electron chi connectivity index (χ4n) is 5.07. The first-order valence-corrected chi connectivity index (χ1v) is 12.1. The number of benzene rings is 1. The van der Waals surface area contributed by atoms with Crippen molar-refractivity contribution >= 4 is 27.5 Å². The van der Waals surface area contributed by atoms with Crippen molar-refractivity contribution in [3.05, 3.63) is 36.3 Å². The lowest BCUT2D eigenvalue weighted by Gasteiger charge is -2.47. The van der Waals surface area contributed by atoms with Crippen LogP contribution in [0.1, 0.15) is 31.2 Å². The summed E-state index contributed by atoms with van der Waals surface area (Å²) in [6, 6.07) is 6.01. The number of imidazole rings is 1. The molecule has 2 aromatic heterocycles. The molecule has 0 amide bonds. The van der Waals surface area contributed by atoms with Gasteiger partial charge in [-0.2, -0.15) is 23.5 Å². The van der Waals surface area contributed by atoms with Gasteiger partial charge in [-0.25, -0.2) is 27.7 Å². The number of carbonyl (C=O) groups excluding carboxylic acids is 1. The van der Waals surface area contributed by atoms with Crippen molar-refractivity contribution in [1.82, 2.24) is 24.1 Å². The van der Waals surface area contributed by atoms with E-state index in [-0.39, 0.29) is 41.6 Å². The summed E-state index contributed by atoms with van der Waals surface area (Å²) >= 11 is 0. The molecule has 0 spiro atoms. The second-order valence-electron chi connectivity index (χ2n) is 9.08. The molecule has 3 aliphatic rings. The summed E-state index contributed by atoms with van der Waals surface area (Å²) in [5.41, 5.74) is 5.08. The van der Waals surface area contributed by atoms with Gasteiger partial charge in [0.05, 0.1) is 33.8 Å². The molecule has 2 bridgehead atoms. The van der Waals surface area contributed by atoms with Crippen molar-refractivity contribution in [1.29, 1.82) is 5.26 Å². The summed E-state index contributed by atoms with van der Waals surface area (Å²) in [4.78, 5) is 23.9. The standard InChI is InChI=1S/C21H18F3N7O4S/c1-12-2-3-13(6-14(12)15-7-27-17-16(26)28-11-29-30(15)17)36(33,34)31(35-18(32)21(22,23)24)20-5-4-19(8-20,9-20)10-25/h2-3,6-7,11H,4-5,8-9H2,1H3,(H2,26,28,29). The Morgan fingerprint density at radius 2 is 2.00 bits per heavy atom. The van der Waals surface area contributed by atoms with Crippen molar-refractivity contribution in [2.24, 2.45) is 5.41 Å². The highest BCUT2D eigenvalue weighted by Gasteiger charge is 2.68. The van der Waals surface area contributed by atoms with E-state index in [1.165, 1.54) is 35.2 Å². The SMILES string of the molecule is Cc1ccc(S(=O)(=O)N(OC(=O)C(F)(F)F)C23CCC(C#N)(C2)C3)cc1-c1cnc2c(N)ncnn12. The van der Waals surface area contributed by atoms with Gasteiger partial charge in [-0.15, -0.1) is 0 Å². The Labute approximate surface area is 202 Å². The van der Waals surface area contributed by atoms with E-state index in [4.69, 9.17) is 5.73 Å². The largest absolute Gasteiger partial charge is 0.492 e. The summed E-state index contributed by atoms with van der Waals surface area (Å²) in [7, 11) is -4.79. The van der Waals surface area contributed by atoms with E-state index in [1.807, 2.05) is 0 Å². The Bertz CT molecular complexity index is 1560. The van der Waals surface area contributed by atoms with Crippen molar-refractivity contribution in [2.75, 3.05) is 5.73 Å². The maximum atomic E-state index is 13.7.